The van der Waals surface area contributed by atoms with Crippen LogP contribution < -0.4 is 0 Å². The van der Waals surface area contributed by atoms with Crippen molar-refractivity contribution in [3.05, 3.63) is 27.7 Å². The fraction of sp³-hybridized carbons (Fsp3) is 0.300. The Balaban J connectivity index is 3.46. The average Bonchev–Trinajstić information content (AvgIpc) is 2.15. The summed E-state index contributed by atoms with van der Waals surface area (Å²) in [6.07, 6.45) is 0. The van der Waals surface area contributed by atoms with Crippen molar-refractivity contribution in [3.8, 4) is 5.75 Å². The SMILES string of the molecule is CC(C)C(=O)c1c(O)c(Br)cc(F)c1F. The minimum Gasteiger partial charge on any atom is -0.506 e. The van der Waals surface area contributed by atoms with Crippen LogP contribution in [0.1, 0.15) is 24.2 Å². The van der Waals surface area contributed by atoms with Gasteiger partial charge >= 0.3 is 0 Å². The molecule has 1 N–H and O–H groups in total. The fourth-order valence-corrected chi connectivity index (χ4v) is 1.50. The highest BCUT2D eigenvalue weighted by Crippen LogP contribution is 2.33. The van der Waals surface area contributed by atoms with Gasteiger partial charge in [-0.15, -0.1) is 0 Å². The zero-order valence-electron chi connectivity index (χ0n) is 8.14. The molecular weight excluding hydrogens is 270 g/mol. The van der Waals surface area contributed by atoms with Crippen molar-refractivity contribution in [2.45, 2.75) is 13.8 Å². The highest BCUT2D eigenvalue weighted by Gasteiger charge is 2.24. The standard InChI is InChI=1S/C10H9BrF2O2/c1-4(2)9(14)7-8(13)6(12)3-5(11)10(7)15/h3-4,15H,1-2H3. The number of Topliss-reactive ketones (excluding diaryl/α,β-unsaturated/α-hetero) is 1. The number of benzene rings is 1. The van der Waals surface area contributed by atoms with Gasteiger partial charge in [0.25, 0.3) is 0 Å². The summed E-state index contributed by atoms with van der Waals surface area (Å²) in [4.78, 5) is 11.5. The molecule has 0 heterocycles. The highest BCUT2D eigenvalue weighted by molar-refractivity contribution is 9.10. The molecule has 0 unspecified atom stereocenters. The third-order valence-electron chi connectivity index (χ3n) is 1.92. The minimum absolute atomic E-state index is 0.0367. The van der Waals surface area contributed by atoms with Crippen molar-refractivity contribution in [1.29, 1.82) is 0 Å². The van der Waals surface area contributed by atoms with E-state index >= 15 is 0 Å². The number of ketones is 1. The normalized spacial score (nSPS) is 10.8. The molecule has 0 amide bonds. The number of rotatable bonds is 2. The van der Waals surface area contributed by atoms with Gasteiger partial charge in [-0.2, -0.15) is 0 Å². The van der Waals surface area contributed by atoms with Gasteiger partial charge in [0.15, 0.2) is 17.4 Å². The number of halogens is 3. The topological polar surface area (TPSA) is 37.3 Å². The average molecular weight is 279 g/mol. The van der Waals surface area contributed by atoms with Crippen LogP contribution in [0.25, 0.3) is 0 Å². The van der Waals surface area contributed by atoms with Gasteiger partial charge in [0.2, 0.25) is 0 Å². The van der Waals surface area contributed by atoms with Gasteiger partial charge < -0.3 is 5.11 Å². The van der Waals surface area contributed by atoms with Crippen LogP contribution in [-0.2, 0) is 0 Å². The number of phenolic OH excluding ortho intramolecular Hbond substituents is 1. The van der Waals surface area contributed by atoms with Crippen molar-refractivity contribution in [2.24, 2.45) is 5.92 Å². The summed E-state index contributed by atoms with van der Waals surface area (Å²) in [5.74, 6) is -4.19. The Morgan fingerprint density at radius 2 is 2.00 bits per heavy atom. The van der Waals surface area contributed by atoms with Gasteiger partial charge in [0.1, 0.15) is 5.75 Å². The van der Waals surface area contributed by atoms with E-state index in [1.54, 1.807) is 13.8 Å². The van der Waals surface area contributed by atoms with Crippen molar-refractivity contribution >= 4 is 21.7 Å². The van der Waals surface area contributed by atoms with Crippen LogP contribution in [0.3, 0.4) is 0 Å². The summed E-state index contributed by atoms with van der Waals surface area (Å²) >= 11 is 2.84. The van der Waals surface area contributed by atoms with Crippen LogP contribution in [-0.4, -0.2) is 10.9 Å². The predicted octanol–water partition coefficient (Wildman–Crippen LogP) is 3.27. The monoisotopic (exact) mass is 278 g/mol. The molecule has 0 aliphatic heterocycles. The second-order valence-corrected chi connectivity index (χ2v) is 4.25. The number of phenols is 1. The fourth-order valence-electron chi connectivity index (χ4n) is 1.10. The molecule has 0 saturated heterocycles. The Labute approximate surface area is 94.0 Å². The van der Waals surface area contributed by atoms with Crippen LogP contribution in [0.4, 0.5) is 8.78 Å². The predicted molar refractivity (Wildman–Crippen MR) is 54.9 cm³/mol. The molecule has 2 nitrogen and oxygen atoms in total. The van der Waals surface area contributed by atoms with E-state index < -0.39 is 34.6 Å². The molecule has 0 radical (unpaired) electrons. The number of hydrogen-bond acceptors (Lipinski definition) is 2. The lowest BCUT2D eigenvalue weighted by atomic mass is 9.99. The Kier molecular flexibility index (Phi) is 3.44. The maximum atomic E-state index is 13.3. The van der Waals surface area contributed by atoms with E-state index in [-0.39, 0.29) is 4.47 Å². The number of aromatic hydroxyl groups is 1. The van der Waals surface area contributed by atoms with Crippen LogP contribution >= 0.6 is 15.9 Å². The first kappa shape index (κ1) is 12.1. The number of hydrogen-bond donors (Lipinski definition) is 1. The Bertz CT molecular complexity index is 390. The first-order chi connectivity index (χ1) is 6.86. The lowest BCUT2D eigenvalue weighted by Crippen LogP contribution is -2.11. The summed E-state index contributed by atoms with van der Waals surface area (Å²) in [7, 11) is 0. The summed E-state index contributed by atoms with van der Waals surface area (Å²) < 4.78 is 26.2. The maximum Gasteiger partial charge on any atom is 0.173 e. The van der Waals surface area contributed by atoms with Crippen LogP contribution in [0, 0.1) is 17.6 Å². The summed E-state index contributed by atoms with van der Waals surface area (Å²) in [6, 6.07) is 0.780. The third-order valence-corrected chi connectivity index (χ3v) is 2.52. The van der Waals surface area contributed by atoms with E-state index in [0.29, 0.717) is 0 Å². The number of carbonyl (C=O) groups is 1. The molecule has 5 heteroatoms. The molecule has 0 fully saturated rings. The van der Waals surface area contributed by atoms with E-state index in [0.717, 1.165) is 6.07 Å². The van der Waals surface area contributed by atoms with Gasteiger partial charge in [-0.25, -0.2) is 8.78 Å². The van der Waals surface area contributed by atoms with Crippen molar-refractivity contribution in [2.75, 3.05) is 0 Å². The van der Waals surface area contributed by atoms with Crippen LogP contribution in [0.2, 0.25) is 0 Å². The molecule has 1 aromatic carbocycles. The Morgan fingerprint density at radius 1 is 1.47 bits per heavy atom. The maximum absolute atomic E-state index is 13.3. The number of carbonyl (C=O) groups excluding carboxylic acids is 1. The Morgan fingerprint density at radius 3 is 2.47 bits per heavy atom. The highest BCUT2D eigenvalue weighted by atomic mass is 79.9. The first-order valence-corrected chi connectivity index (χ1v) is 5.06. The molecule has 0 saturated carbocycles. The lowest BCUT2D eigenvalue weighted by molar-refractivity contribution is 0.0931. The molecule has 1 rings (SSSR count). The second kappa shape index (κ2) is 4.26. The largest absolute Gasteiger partial charge is 0.506 e. The zero-order chi connectivity index (χ0) is 11.7. The van der Waals surface area contributed by atoms with Crippen molar-refractivity contribution in [1.82, 2.24) is 0 Å². The van der Waals surface area contributed by atoms with Gasteiger partial charge in [-0.05, 0) is 22.0 Å². The van der Waals surface area contributed by atoms with E-state index in [1.165, 1.54) is 0 Å². The van der Waals surface area contributed by atoms with Crippen LogP contribution in [0.15, 0.2) is 10.5 Å². The molecule has 15 heavy (non-hydrogen) atoms. The van der Waals surface area contributed by atoms with E-state index in [1.807, 2.05) is 0 Å². The second-order valence-electron chi connectivity index (χ2n) is 3.40. The smallest absolute Gasteiger partial charge is 0.173 e. The molecule has 0 atom stereocenters. The molecule has 0 spiro atoms. The molecule has 1 aromatic rings. The molecular formula is C10H9BrF2O2. The first-order valence-electron chi connectivity index (χ1n) is 4.27. The molecule has 0 bridgehead atoms. The van der Waals surface area contributed by atoms with Crippen LogP contribution in [0.5, 0.6) is 5.75 Å². The molecule has 0 aliphatic rings. The Hall–Kier alpha value is -0.970. The lowest BCUT2D eigenvalue weighted by Gasteiger charge is -2.09. The van der Waals surface area contributed by atoms with Gasteiger partial charge in [0, 0.05) is 5.92 Å². The summed E-state index contributed by atoms with van der Waals surface area (Å²) in [5, 5.41) is 9.45. The zero-order valence-corrected chi connectivity index (χ0v) is 9.73. The summed E-state index contributed by atoms with van der Waals surface area (Å²) in [5.41, 5.74) is -0.600. The van der Waals surface area contributed by atoms with Gasteiger partial charge in [0.05, 0.1) is 10.0 Å². The van der Waals surface area contributed by atoms with E-state index in [9.17, 15) is 18.7 Å². The minimum atomic E-state index is -1.31. The quantitative estimate of drug-likeness (QED) is 0.666. The van der Waals surface area contributed by atoms with Gasteiger partial charge in [-0.1, -0.05) is 13.8 Å². The molecule has 82 valence electrons. The van der Waals surface area contributed by atoms with Crippen molar-refractivity contribution in [3.63, 3.8) is 0 Å². The summed E-state index contributed by atoms with van der Waals surface area (Å²) in [6.45, 7) is 3.08. The van der Waals surface area contributed by atoms with E-state index in [2.05, 4.69) is 15.9 Å². The van der Waals surface area contributed by atoms with Gasteiger partial charge in [-0.3, -0.25) is 4.79 Å². The third kappa shape index (κ3) is 2.17. The van der Waals surface area contributed by atoms with E-state index in [4.69, 9.17) is 0 Å². The molecule has 0 aliphatic carbocycles. The van der Waals surface area contributed by atoms with Crippen molar-refractivity contribution < 1.29 is 18.7 Å². The molecule has 0 aromatic heterocycles.